The maximum Gasteiger partial charge on any atom is 0.243 e. The number of amides is 2. The van der Waals surface area contributed by atoms with Crippen LogP contribution >= 0.6 is 0 Å². The van der Waals surface area contributed by atoms with Gasteiger partial charge in [0.15, 0.2) is 11.6 Å². The third-order valence-electron chi connectivity index (χ3n) is 3.95. The Hall–Kier alpha value is -2.23. The highest BCUT2D eigenvalue weighted by Crippen LogP contribution is 2.20. The molecular formula is C15H19F2N3O4S. The Morgan fingerprint density at radius 1 is 1.08 bits per heavy atom. The molecule has 0 atom stereocenters. The summed E-state index contributed by atoms with van der Waals surface area (Å²) in [4.78, 5) is 26.7. The maximum atomic E-state index is 13.4. The van der Waals surface area contributed by atoms with Crippen LogP contribution in [0.4, 0.5) is 14.5 Å². The van der Waals surface area contributed by atoms with E-state index < -0.39 is 34.1 Å². The summed E-state index contributed by atoms with van der Waals surface area (Å²) in [6.45, 7) is 2.22. The van der Waals surface area contributed by atoms with Crippen LogP contribution in [0.1, 0.15) is 6.92 Å². The molecule has 7 nitrogen and oxygen atoms in total. The number of anilines is 1. The topological polar surface area (TPSA) is 78.0 Å². The van der Waals surface area contributed by atoms with Crippen LogP contribution in [0.2, 0.25) is 0 Å². The molecule has 1 saturated heterocycles. The molecule has 0 saturated carbocycles. The largest absolute Gasteiger partial charge is 0.339 e. The van der Waals surface area contributed by atoms with Crippen molar-refractivity contribution < 1.29 is 26.8 Å². The molecule has 0 unspecified atom stereocenters. The van der Waals surface area contributed by atoms with Gasteiger partial charge >= 0.3 is 0 Å². The Balaban J connectivity index is 2.14. The molecule has 1 heterocycles. The number of sulfonamides is 1. The number of hydrogen-bond donors (Lipinski definition) is 0. The molecule has 0 radical (unpaired) electrons. The van der Waals surface area contributed by atoms with Gasteiger partial charge in [0.1, 0.15) is 6.54 Å². The van der Waals surface area contributed by atoms with E-state index in [1.54, 1.807) is 4.90 Å². The van der Waals surface area contributed by atoms with E-state index in [2.05, 4.69) is 0 Å². The molecular weight excluding hydrogens is 356 g/mol. The van der Waals surface area contributed by atoms with Crippen molar-refractivity contribution in [2.45, 2.75) is 6.92 Å². The number of carbonyl (C=O) groups excluding carboxylic acids is 2. The van der Waals surface area contributed by atoms with Crippen molar-refractivity contribution in [1.82, 2.24) is 9.80 Å². The SMILES string of the molecule is CC(=O)N1CCN(C(=O)CN(c2ccc(F)c(F)c2)S(C)(=O)=O)CC1. The zero-order valence-corrected chi connectivity index (χ0v) is 14.7. The first kappa shape index (κ1) is 19.1. The first-order valence-electron chi connectivity index (χ1n) is 7.55. The van der Waals surface area contributed by atoms with E-state index in [1.165, 1.54) is 11.8 Å². The Labute approximate surface area is 144 Å². The van der Waals surface area contributed by atoms with Gasteiger partial charge in [0.2, 0.25) is 21.8 Å². The zero-order valence-electron chi connectivity index (χ0n) is 13.9. The monoisotopic (exact) mass is 375 g/mol. The second-order valence-electron chi connectivity index (χ2n) is 5.75. The summed E-state index contributed by atoms with van der Waals surface area (Å²) in [6, 6.07) is 2.64. The molecule has 1 aliphatic rings. The van der Waals surface area contributed by atoms with Crippen LogP contribution < -0.4 is 4.31 Å². The van der Waals surface area contributed by atoms with Gasteiger partial charge in [0, 0.05) is 39.2 Å². The minimum absolute atomic E-state index is 0.0911. The van der Waals surface area contributed by atoms with Crippen molar-refractivity contribution in [1.29, 1.82) is 0 Å². The van der Waals surface area contributed by atoms with Gasteiger partial charge in [0.25, 0.3) is 0 Å². The molecule has 1 aromatic rings. The Bertz CT molecular complexity index is 777. The molecule has 0 aliphatic carbocycles. The van der Waals surface area contributed by atoms with Crippen LogP contribution in [-0.4, -0.2) is 69.0 Å². The number of piperazine rings is 1. The molecule has 1 aliphatic heterocycles. The lowest BCUT2D eigenvalue weighted by Gasteiger charge is -2.35. The minimum Gasteiger partial charge on any atom is -0.339 e. The highest BCUT2D eigenvalue weighted by atomic mass is 32.2. The number of rotatable bonds is 4. The molecule has 1 fully saturated rings. The number of benzene rings is 1. The number of carbonyl (C=O) groups is 2. The lowest BCUT2D eigenvalue weighted by Crippen LogP contribution is -2.52. The highest BCUT2D eigenvalue weighted by Gasteiger charge is 2.27. The Kier molecular flexibility index (Phi) is 5.61. The van der Waals surface area contributed by atoms with Crippen LogP contribution in [0.5, 0.6) is 0 Å². The summed E-state index contributed by atoms with van der Waals surface area (Å²) >= 11 is 0. The minimum atomic E-state index is -3.87. The van der Waals surface area contributed by atoms with Crippen LogP contribution in [0.3, 0.4) is 0 Å². The van der Waals surface area contributed by atoms with Crippen LogP contribution in [-0.2, 0) is 19.6 Å². The molecule has 138 valence electrons. The highest BCUT2D eigenvalue weighted by molar-refractivity contribution is 7.92. The normalized spacial score (nSPS) is 15.2. The van der Waals surface area contributed by atoms with Gasteiger partial charge in [-0.3, -0.25) is 13.9 Å². The standard InChI is InChI=1S/C15H19F2N3O4S/c1-11(21)18-5-7-19(8-6-18)15(22)10-20(25(2,23)24)12-3-4-13(16)14(17)9-12/h3-4,9H,5-8,10H2,1-2H3. The van der Waals surface area contributed by atoms with Crippen molar-refractivity contribution in [3.63, 3.8) is 0 Å². The fourth-order valence-corrected chi connectivity index (χ4v) is 3.38. The van der Waals surface area contributed by atoms with Crippen molar-refractivity contribution >= 4 is 27.5 Å². The van der Waals surface area contributed by atoms with Crippen LogP contribution in [0.15, 0.2) is 18.2 Å². The number of halogens is 2. The molecule has 25 heavy (non-hydrogen) atoms. The first-order chi connectivity index (χ1) is 11.6. The van der Waals surface area contributed by atoms with Gasteiger partial charge < -0.3 is 9.80 Å². The van der Waals surface area contributed by atoms with Gasteiger partial charge in [0.05, 0.1) is 11.9 Å². The van der Waals surface area contributed by atoms with Crippen LogP contribution in [0.25, 0.3) is 0 Å². The maximum absolute atomic E-state index is 13.4. The van der Waals surface area contributed by atoms with E-state index in [4.69, 9.17) is 0 Å². The molecule has 0 aromatic heterocycles. The van der Waals surface area contributed by atoms with Gasteiger partial charge in [-0.25, -0.2) is 17.2 Å². The Morgan fingerprint density at radius 3 is 2.12 bits per heavy atom. The third kappa shape index (κ3) is 4.65. The second kappa shape index (κ2) is 7.34. The van der Waals surface area contributed by atoms with Crippen molar-refractivity contribution in [2.75, 3.05) is 43.3 Å². The lowest BCUT2D eigenvalue weighted by atomic mass is 10.3. The van der Waals surface area contributed by atoms with Crippen molar-refractivity contribution in [3.05, 3.63) is 29.8 Å². The number of hydrogen-bond acceptors (Lipinski definition) is 4. The molecule has 0 spiro atoms. The summed E-state index contributed by atoms with van der Waals surface area (Å²) < 4.78 is 51.2. The predicted molar refractivity (Wildman–Crippen MR) is 87.4 cm³/mol. The third-order valence-corrected chi connectivity index (χ3v) is 5.09. The van der Waals surface area contributed by atoms with Gasteiger partial charge in [-0.1, -0.05) is 0 Å². The summed E-state index contributed by atoms with van der Waals surface area (Å²) in [5, 5.41) is 0. The predicted octanol–water partition coefficient (Wildman–Crippen LogP) is 0.421. The molecule has 10 heteroatoms. The van der Waals surface area contributed by atoms with Gasteiger partial charge in [-0.15, -0.1) is 0 Å². The fraction of sp³-hybridized carbons (Fsp3) is 0.467. The lowest BCUT2D eigenvalue weighted by molar-refractivity contribution is -0.137. The van der Waals surface area contributed by atoms with E-state index in [0.29, 0.717) is 13.1 Å². The zero-order chi connectivity index (χ0) is 18.8. The average molecular weight is 375 g/mol. The summed E-state index contributed by atoms with van der Waals surface area (Å²) in [5.41, 5.74) is -0.128. The van der Waals surface area contributed by atoms with E-state index in [9.17, 15) is 26.8 Å². The van der Waals surface area contributed by atoms with E-state index >= 15 is 0 Å². The average Bonchev–Trinajstić information content (AvgIpc) is 2.54. The van der Waals surface area contributed by atoms with Gasteiger partial charge in [-0.05, 0) is 12.1 Å². The van der Waals surface area contributed by atoms with Gasteiger partial charge in [-0.2, -0.15) is 0 Å². The van der Waals surface area contributed by atoms with Crippen molar-refractivity contribution in [3.8, 4) is 0 Å². The van der Waals surface area contributed by atoms with E-state index in [1.807, 2.05) is 0 Å². The Morgan fingerprint density at radius 2 is 1.64 bits per heavy atom. The molecule has 2 amide bonds. The molecule has 2 rings (SSSR count). The number of nitrogens with zero attached hydrogens (tertiary/aromatic N) is 3. The quantitative estimate of drug-likeness (QED) is 0.764. The summed E-state index contributed by atoms with van der Waals surface area (Å²) in [6.07, 6.45) is 0.884. The molecule has 0 bridgehead atoms. The van der Waals surface area contributed by atoms with E-state index in [0.717, 1.165) is 28.8 Å². The summed E-state index contributed by atoms with van der Waals surface area (Å²) in [5.74, 6) is -2.87. The fourth-order valence-electron chi connectivity index (χ4n) is 2.53. The van der Waals surface area contributed by atoms with Crippen molar-refractivity contribution in [2.24, 2.45) is 0 Å². The van der Waals surface area contributed by atoms with Crippen LogP contribution in [0, 0.1) is 11.6 Å². The smallest absolute Gasteiger partial charge is 0.243 e. The summed E-state index contributed by atoms with van der Waals surface area (Å²) in [7, 11) is -3.87. The molecule has 1 aromatic carbocycles. The second-order valence-corrected chi connectivity index (χ2v) is 7.66. The molecule has 0 N–H and O–H groups in total. The first-order valence-corrected chi connectivity index (χ1v) is 9.40. The van der Waals surface area contributed by atoms with E-state index in [-0.39, 0.29) is 24.7 Å².